The smallest absolute Gasteiger partial charge is 0.358 e. The fourth-order valence-electron chi connectivity index (χ4n) is 1.74. The first-order valence-electron chi connectivity index (χ1n) is 6.36. The molecular weight excluding hydrogens is 322 g/mol. The first kappa shape index (κ1) is 16.5. The first-order valence-corrected chi connectivity index (χ1v) is 6.36. The molecule has 0 unspecified atom stereocenters. The van der Waals surface area contributed by atoms with Crippen LogP contribution in [0.5, 0.6) is 0 Å². The van der Waals surface area contributed by atoms with Gasteiger partial charge in [-0.3, -0.25) is 20.2 Å². The SMILES string of the molecule is O=[N+]([O-])/C(=N\Nc1ccc([N+](=O)[O-])cc1)c1cccc([N+](=O)[O-])c1. The monoisotopic (exact) mass is 331 g/mol. The van der Waals surface area contributed by atoms with Crippen molar-refractivity contribution in [2.75, 3.05) is 5.43 Å². The largest absolute Gasteiger partial charge is 0.395 e. The Morgan fingerprint density at radius 2 is 1.50 bits per heavy atom. The molecule has 11 nitrogen and oxygen atoms in total. The second-order valence-corrected chi connectivity index (χ2v) is 4.42. The molecule has 0 atom stereocenters. The van der Waals surface area contributed by atoms with Gasteiger partial charge in [0, 0.05) is 24.3 Å². The molecule has 0 heterocycles. The van der Waals surface area contributed by atoms with Crippen molar-refractivity contribution >= 4 is 22.9 Å². The van der Waals surface area contributed by atoms with Gasteiger partial charge in [-0.25, -0.2) is 0 Å². The van der Waals surface area contributed by atoms with Crippen molar-refractivity contribution in [3.05, 3.63) is 84.4 Å². The first-order chi connectivity index (χ1) is 11.4. The standard InChI is InChI=1S/C13H9N5O6/c19-16(20)11-6-4-10(5-7-11)14-15-13(18(23)24)9-2-1-3-12(8-9)17(21)22/h1-8,14H/b15-13-. The van der Waals surface area contributed by atoms with Gasteiger partial charge in [0.25, 0.3) is 11.4 Å². The van der Waals surface area contributed by atoms with Crippen molar-refractivity contribution in [3.63, 3.8) is 0 Å². The number of nitrogens with one attached hydrogen (secondary N) is 1. The summed E-state index contributed by atoms with van der Waals surface area (Å²) in [7, 11) is 0. The van der Waals surface area contributed by atoms with Crippen LogP contribution in [-0.4, -0.2) is 20.6 Å². The van der Waals surface area contributed by atoms with E-state index in [0.717, 1.165) is 6.07 Å². The zero-order valence-electron chi connectivity index (χ0n) is 11.9. The Bertz CT molecular complexity index is 833. The molecule has 0 radical (unpaired) electrons. The number of hydrogen-bond donors (Lipinski definition) is 1. The molecule has 122 valence electrons. The minimum Gasteiger partial charge on any atom is -0.358 e. The van der Waals surface area contributed by atoms with E-state index in [2.05, 4.69) is 10.5 Å². The normalized spacial score (nSPS) is 10.9. The van der Waals surface area contributed by atoms with Gasteiger partial charge in [0.2, 0.25) is 0 Å². The van der Waals surface area contributed by atoms with Crippen LogP contribution in [0.15, 0.2) is 53.6 Å². The van der Waals surface area contributed by atoms with E-state index in [-0.39, 0.29) is 22.6 Å². The molecule has 2 aromatic rings. The summed E-state index contributed by atoms with van der Waals surface area (Å²) in [6.45, 7) is 0. The van der Waals surface area contributed by atoms with Crippen LogP contribution in [-0.2, 0) is 0 Å². The van der Waals surface area contributed by atoms with Crippen molar-refractivity contribution in [1.82, 2.24) is 0 Å². The van der Waals surface area contributed by atoms with Crippen LogP contribution in [0.3, 0.4) is 0 Å². The Morgan fingerprint density at radius 3 is 2.04 bits per heavy atom. The number of amidine groups is 1. The van der Waals surface area contributed by atoms with E-state index in [1.54, 1.807) is 0 Å². The second-order valence-electron chi connectivity index (χ2n) is 4.42. The molecule has 0 saturated heterocycles. The predicted octanol–water partition coefficient (Wildman–Crippen LogP) is 2.55. The number of nitrogens with zero attached hydrogens (tertiary/aromatic N) is 4. The summed E-state index contributed by atoms with van der Waals surface area (Å²) in [6.07, 6.45) is 0. The van der Waals surface area contributed by atoms with E-state index in [1.165, 1.54) is 42.5 Å². The maximum absolute atomic E-state index is 11.1. The average molecular weight is 331 g/mol. The maximum atomic E-state index is 11.1. The highest BCUT2D eigenvalue weighted by molar-refractivity contribution is 5.93. The van der Waals surface area contributed by atoms with E-state index >= 15 is 0 Å². The lowest BCUT2D eigenvalue weighted by atomic mass is 10.2. The quantitative estimate of drug-likeness (QED) is 0.382. The zero-order chi connectivity index (χ0) is 17.7. The molecule has 24 heavy (non-hydrogen) atoms. The Hall–Kier alpha value is -3.89. The molecule has 0 saturated carbocycles. The van der Waals surface area contributed by atoms with Gasteiger partial charge in [-0.15, -0.1) is 0 Å². The molecule has 0 aliphatic heterocycles. The summed E-state index contributed by atoms with van der Waals surface area (Å²) in [4.78, 5) is 30.4. The number of benzene rings is 2. The van der Waals surface area contributed by atoms with Gasteiger partial charge in [0.05, 0.1) is 26.2 Å². The Balaban J connectivity index is 2.29. The van der Waals surface area contributed by atoms with Crippen LogP contribution >= 0.6 is 0 Å². The number of hydrogen-bond acceptors (Lipinski definition) is 8. The number of anilines is 1. The third-order valence-electron chi connectivity index (χ3n) is 2.86. The minimum absolute atomic E-state index is 0.0522. The summed E-state index contributed by atoms with van der Waals surface area (Å²) in [5, 5.41) is 36.0. The van der Waals surface area contributed by atoms with Gasteiger partial charge < -0.3 is 10.1 Å². The molecule has 0 bridgehead atoms. The zero-order valence-corrected chi connectivity index (χ0v) is 11.9. The van der Waals surface area contributed by atoms with E-state index in [0.29, 0.717) is 0 Å². The van der Waals surface area contributed by atoms with Gasteiger partial charge in [0.1, 0.15) is 0 Å². The highest BCUT2D eigenvalue weighted by atomic mass is 16.6. The van der Waals surface area contributed by atoms with Gasteiger partial charge in [-0.1, -0.05) is 6.07 Å². The molecule has 2 aromatic carbocycles. The lowest BCUT2D eigenvalue weighted by Crippen LogP contribution is -2.15. The summed E-state index contributed by atoms with van der Waals surface area (Å²) in [5.41, 5.74) is 2.17. The van der Waals surface area contributed by atoms with E-state index in [9.17, 15) is 30.3 Å². The summed E-state index contributed by atoms with van der Waals surface area (Å²) in [6, 6.07) is 9.90. The minimum atomic E-state index is -0.794. The molecule has 0 fully saturated rings. The number of hydrazone groups is 1. The molecular formula is C13H9N5O6. The molecule has 0 aliphatic rings. The van der Waals surface area contributed by atoms with Crippen molar-refractivity contribution in [3.8, 4) is 0 Å². The fraction of sp³-hybridized carbons (Fsp3) is 0. The van der Waals surface area contributed by atoms with Crippen LogP contribution in [0.1, 0.15) is 5.56 Å². The number of non-ortho nitro benzene ring substituents is 2. The molecule has 11 heteroatoms. The third-order valence-corrected chi connectivity index (χ3v) is 2.86. The van der Waals surface area contributed by atoms with Crippen molar-refractivity contribution in [2.45, 2.75) is 0 Å². The second kappa shape index (κ2) is 6.91. The number of nitro groups is 3. The molecule has 2 rings (SSSR count). The molecule has 1 N–H and O–H groups in total. The fourth-order valence-corrected chi connectivity index (χ4v) is 1.74. The Kier molecular flexibility index (Phi) is 4.75. The van der Waals surface area contributed by atoms with Gasteiger partial charge >= 0.3 is 5.84 Å². The highest BCUT2D eigenvalue weighted by Crippen LogP contribution is 2.17. The summed E-state index contributed by atoms with van der Waals surface area (Å²) < 4.78 is 0. The third kappa shape index (κ3) is 3.85. The maximum Gasteiger partial charge on any atom is 0.395 e. The van der Waals surface area contributed by atoms with Gasteiger partial charge in [0.15, 0.2) is 0 Å². The van der Waals surface area contributed by atoms with Gasteiger partial charge in [-0.2, -0.15) is 5.43 Å². The van der Waals surface area contributed by atoms with E-state index in [4.69, 9.17) is 0 Å². The molecule has 0 aromatic heterocycles. The van der Waals surface area contributed by atoms with E-state index < -0.39 is 20.6 Å². The van der Waals surface area contributed by atoms with E-state index in [1.807, 2.05) is 0 Å². The Morgan fingerprint density at radius 1 is 0.875 bits per heavy atom. The van der Waals surface area contributed by atoms with Crippen LogP contribution in [0.2, 0.25) is 0 Å². The lowest BCUT2D eigenvalue weighted by Gasteiger charge is -2.00. The van der Waals surface area contributed by atoms with Crippen LogP contribution in [0.25, 0.3) is 0 Å². The number of nitro benzene ring substituents is 2. The van der Waals surface area contributed by atoms with Gasteiger partial charge in [-0.05, 0) is 23.1 Å². The van der Waals surface area contributed by atoms with Crippen molar-refractivity contribution < 1.29 is 14.8 Å². The Labute approximate surface area is 133 Å². The van der Waals surface area contributed by atoms with Crippen LogP contribution in [0, 0.1) is 30.3 Å². The molecule has 0 spiro atoms. The van der Waals surface area contributed by atoms with Crippen molar-refractivity contribution in [2.24, 2.45) is 5.10 Å². The van der Waals surface area contributed by atoms with Crippen molar-refractivity contribution in [1.29, 1.82) is 0 Å². The molecule has 0 aliphatic carbocycles. The highest BCUT2D eigenvalue weighted by Gasteiger charge is 2.19. The lowest BCUT2D eigenvalue weighted by molar-refractivity contribution is -0.385. The topological polar surface area (TPSA) is 154 Å². The van der Waals surface area contributed by atoms with Crippen LogP contribution in [0.4, 0.5) is 17.1 Å². The average Bonchev–Trinajstić information content (AvgIpc) is 2.55. The summed E-state index contributed by atoms with van der Waals surface area (Å²) >= 11 is 0. The molecule has 0 amide bonds. The number of rotatable bonds is 5. The summed E-state index contributed by atoms with van der Waals surface area (Å²) in [5.74, 6) is -0.628. The van der Waals surface area contributed by atoms with Crippen LogP contribution < -0.4 is 5.43 Å². The predicted molar refractivity (Wildman–Crippen MR) is 83.3 cm³/mol.